The summed E-state index contributed by atoms with van der Waals surface area (Å²) in [5.41, 5.74) is 3.88. The second-order valence-electron chi connectivity index (χ2n) is 8.15. The summed E-state index contributed by atoms with van der Waals surface area (Å²) in [6.07, 6.45) is 6.10. The van der Waals surface area contributed by atoms with Crippen molar-refractivity contribution in [3.05, 3.63) is 66.9 Å². The predicted molar refractivity (Wildman–Crippen MR) is 121 cm³/mol. The number of carboxylic acids is 1. The molecule has 0 bridgehead atoms. The SMILES string of the molecule is CCC(CCC1CCC1C(=O)O)Oc1ncc(-c2ccccc2)c(-c2ccccc2)n1. The normalized spacial score (nSPS) is 18.7. The van der Waals surface area contributed by atoms with Crippen LogP contribution in [0, 0.1) is 11.8 Å². The summed E-state index contributed by atoms with van der Waals surface area (Å²) in [5.74, 6) is -0.599. The van der Waals surface area contributed by atoms with Crippen molar-refractivity contribution in [1.29, 1.82) is 0 Å². The molecular formula is C26H28N2O3. The van der Waals surface area contributed by atoms with E-state index >= 15 is 0 Å². The summed E-state index contributed by atoms with van der Waals surface area (Å²) in [7, 11) is 0. The summed E-state index contributed by atoms with van der Waals surface area (Å²) in [5, 5.41) is 9.27. The lowest BCUT2D eigenvalue weighted by atomic mass is 9.71. The van der Waals surface area contributed by atoms with E-state index < -0.39 is 5.97 Å². The first-order valence-electron chi connectivity index (χ1n) is 11.0. The summed E-state index contributed by atoms with van der Waals surface area (Å²) in [4.78, 5) is 20.6. The molecular weight excluding hydrogens is 388 g/mol. The maximum Gasteiger partial charge on any atom is 0.317 e. The maximum absolute atomic E-state index is 11.3. The standard InChI is InChI=1S/C26H28N2O3/c1-2-21(15-13-19-14-16-22(19)25(29)30)31-26-27-17-23(18-9-5-3-6-10-18)24(28-26)20-11-7-4-8-12-20/h3-12,17,19,21-22H,2,13-16H2,1H3,(H,29,30). The fourth-order valence-corrected chi connectivity index (χ4v) is 4.20. The third-order valence-electron chi connectivity index (χ3n) is 6.22. The molecule has 1 aromatic heterocycles. The number of hydrogen-bond donors (Lipinski definition) is 1. The number of ether oxygens (including phenoxy) is 1. The van der Waals surface area contributed by atoms with Crippen molar-refractivity contribution >= 4 is 5.97 Å². The van der Waals surface area contributed by atoms with Crippen molar-refractivity contribution in [3.63, 3.8) is 0 Å². The molecule has 4 rings (SSSR count). The first kappa shape index (κ1) is 21.0. The number of rotatable bonds is 9. The molecule has 1 aliphatic carbocycles. The highest BCUT2D eigenvalue weighted by atomic mass is 16.5. The Kier molecular flexibility index (Phi) is 6.60. The zero-order valence-electron chi connectivity index (χ0n) is 17.8. The van der Waals surface area contributed by atoms with Gasteiger partial charge in [-0.3, -0.25) is 4.79 Å². The molecule has 3 aromatic rings. The number of hydrogen-bond acceptors (Lipinski definition) is 4. The van der Waals surface area contributed by atoms with Crippen molar-refractivity contribution in [2.24, 2.45) is 11.8 Å². The Morgan fingerprint density at radius 3 is 2.32 bits per heavy atom. The van der Waals surface area contributed by atoms with Crippen LogP contribution < -0.4 is 4.74 Å². The fraction of sp³-hybridized carbons (Fsp3) is 0.346. The molecule has 0 aliphatic heterocycles. The van der Waals surface area contributed by atoms with Crippen LogP contribution in [0.25, 0.3) is 22.4 Å². The molecule has 0 amide bonds. The Bertz CT molecular complexity index is 1010. The number of carboxylic acid groups (broad SMARTS) is 1. The van der Waals surface area contributed by atoms with E-state index in [4.69, 9.17) is 9.72 Å². The van der Waals surface area contributed by atoms with E-state index in [0.29, 0.717) is 6.01 Å². The zero-order valence-corrected chi connectivity index (χ0v) is 17.8. The van der Waals surface area contributed by atoms with Crippen LogP contribution in [-0.2, 0) is 4.79 Å². The van der Waals surface area contributed by atoms with Crippen LogP contribution in [0.1, 0.15) is 39.0 Å². The average molecular weight is 417 g/mol. The Morgan fingerprint density at radius 2 is 1.74 bits per heavy atom. The lowest BCUT2D eigenvalue weighted by Crippen LogP contribution is -2.33. The van der Waals surface area contributed by atoms with Crippen LogP contribution in [0.4, 0.5) is 0 Å². The highest BCUT2D eigenvalue weighted by Gasteiger charge is 2.36. The summed E-state index contributed by atoms with van der Waals surface area (Å²) >= 11 is 0. The average Bonchev–Trinajstić information content (AvgIpc) is 2.78. The van der Waals surface area contributed by atoms with Gasteiger partial charge >= 0.3 is 12.0 Å². The van der Waals surface area contributed by atoms with E-state index in [0.717, 1.165) is 54.5 Å². The van der Waals surface area contributed by atoms with Crippen molar-refractivity contribution < 1.29 is 14.6 Å². The van der Waals surface area contributed by atoms with Gasteiger partial charge in [-0.05, 0) is 43.6 Å². The summed E-state index contributed by atoms with van der Waals surface area (Å²) < 4.78 is 6.16. The quantitative estimate of drug-likeness (QED) is 0.473. The van der Waals surface area contributed by atoms with Gasteiger partial charge in [0.1, 0.15) is 6.10 Å². The van der Waals surface area contributed by atoms with E-state index in [-0.39, 0.29) is 17.9 Å². The van der Waals surface area contributed by atoms with Crippen LogP contribution in [0.5, 0.6) is 6.01 Å². The molecule has 0 radical (unpaired) electrons. The molecule has 160 valence electrons. The van der Waals surface area contributed by atoms with Gasteiger partial charge in [0, 0.05) is 17.3 Å². The maximum atomic E-state index is 11.3. The largest absolute Gasteiger partial charge is 0.481 e. The highest BCUT2D eigenvalue weighted by molar-refractivity contribution is 5.80. The zero-order chi connectivity index (χ0) is 21.6. The minimum Gasteiger partial charge on any atom is -0.481 e. The number of carbonyl (C=O) groups is 1. The van der Waals surface area contributed by atoms with Crippen molar-refractivity contribution in [3.8, 4) is 28.4 Å². The third kappa shape index (κ3) is 4.93. The van der Waals surface area contributed by atoms with E-state index in [1.165, 1.54) is 0 Å². The van der Waals surface area contributed by atoms with Gasteiger partial charge in [0.25, 0.3) is 0 Å². The minimum absolute atomic E-state index is 0.0266. The Labute approximate surface area is 183 Å². The molecule has 0 saturated heterocycles. The van der Waals surface area contributed by atoms with Gasteiger partial charge in [0.05, 0.1) is 11.6 Å². The molecule has 1 fully saturated rings. The number of nitrogens with zero attached hydrogens (tertiary/aromatic N) is 2. The second kappa shape index (κ2) is 9.73. The molecule has 1 N–H and O–H groups in total. The van der Waals surface area contributed by atoms with Crippen LogP contribution in [0.15, 0.2) is 66.9 Å². The molecule has 5 nitrogen and oxygen atoms in total. The first-order chi connectivity index (χ1) is 15.2. The Balaban J connectivity index is 1.53. The van der Waals surface area contributed by atoms with E-state index in [1.807, 2.05) is 54.7 Å². The second-order valence-corrected chi connectivity index (χ2v) is 8.15. The summed E-state index contributed by atoms with van der Waals surface area (Å²) in [6, 6.07) is 20.5. The van der Waals surface area contributed by atoms with Gasteiger partial charge in [-0.25, -0.2) is 4.98 Å². The lowest BCUT2D eigenvalue weighted by Gasteiger charge is -2.34. The van der Waals surface area contributed by atoms with E-state index in [1.54, 1.807) is 0 Å². The molecule has 3 unspecified atom stereocenters. The molecule has 5 heteroatoms. The van der Waals surface area contributed by atoms with Crippen molar-refractivity contribution in [2.75, 3.05) is 0 Å². The lowest BCUT2D eigenvalue weighted by molar-refractivity contribution is -0.148. The monoisotopic (exact) mass is 416 g/mol. The Hall–Kier alpha value is -3.21. The predicted octanol–water partition coefficient (Wildman–Crippen LogP) is 5.86. The number of aliphatic carboxylic acids is 1. The van der Waals surface area contributed by atoms with Gasteiger partial charge in [-0.15, -0.1) is 0 Å². The molecule has 2 aromatic carbocycles. The Morgan fingerprint density at radius 1 is 1.06 bits per heavy atom. The molecule has 1 saturated carbocycles. The van der Waals surface area contributed by atoms with Gasteiger partial charge in [-0.1, -0.05) is 67.6 Å². The highest BCUT2D eigenvalue weighted by Crippen LogP contribution is 2.38. The van der Waals surface area contributed by atoms with Gasteiger partial charge in [0.15, 0.2) is 0 Å². The van der Waals surface area contributed by atoms with Gasteiger partial charge in [0.2, 0.25) is 0 Å². The van der Waals surface area contributed by atoms with Crippen LogP contribution >= 0.6 is 0 Å². The van der Waals surface area contributed by atoms with E-state index in [9.17, 15) is 9.90 Å². The molecule has 1 aliphatic rings. The number of benzene rings is 2. The minimum atomic E-state index is -0.669. The fourth-order valence-electron chi connectivity index (χ4n) is 4.20. The van der Waals surface area contributed by atoms with Crippen molar-refractivity contribution in [2.45, 2.75) is 45.1 Å². The third-order valence-corrected chi connectivity index (χ3v) is 6.22. The van der Waals surface area contributed by atoms with Gasteiger partial charge in [-0.2, -0.15) is 4.98 Å². The van der Waals surface area contributed by atoms with Crippen LogP contribution in [0.3, 0.4) is 0 Å². The van der Waals surface area contributed by atoms with Crippen LogP contribution in [0.2, 0.25) is 0 Å². The first-order valence-corrected chi connectivity index (χ1v) is 11.0. The van der Waals surface area contributed by atoms with Crippen LogP contribution in [-0.4, -0.2) is 27.1 Å². The summed E-state index contributed by atoms with van der Waals surface area (Å²) in [6.45, 7) is 2.08. The molecule has 31 heavy (non-hydrogen) atoms. The topological polar surface area (TPSA) is 72.3 Å². The van der Waals surface area contributed by atoms with Gasteiger partial charge < -0.3 is 9.84 Å². The smallest absolute Gasteiger partial charge is 0.317 e. The number of aromatic nitrogens is 2. The van der Waals surface area contributed by atoms with Crippen molar-refractivity contribution in [1.82, 2.24) is 9.97 Å². The molecule has 3 atom stereocenters. The molecule has 0 spiro atoms. The molecule has 1 heterocycles. The van der Waals surface area contributed by atoms with E-state index in [2.05, 4.69) is 24.0 Å².